The molecule has 3 N–H and O–H groups in total. The van der Waals surface area contributed by atoms with Crippen molar-refractivity contribution in [3.8, 4) is 0 Å². The maximum Gasteiger partial charge on any atom is 0.223 e. The molecule has 0 amide bonds. The summed E-state index contributed by atoms with van der Waals surface area (Å²) in [5.41, 5.74) is 5.73. The average molecular weight is 237 g/mol. The summed E-state index contributed by atoms with van der Waals surface area (Å²) in [6, 6.07) is 2.36. The van der Waals surface area contributed by atoms with E-state index in [1.165, 1.54) is 0 Å². The van der Waals surface area contributed by atoms with Crippen molar-refractivity contribution in [2.45, 2.75) is 40.2 Å². The van der Waals surface area contributed by atoms with E-state index in [-0.39, 0.29) is 0 Å². The van der Waals surface area contributed by atoms with Crippen molar-refractivity contribution < 1.29 is 0 Å². The summed E-state index contributed by atoms with van der Waals surface area (Å²) < 4.78 is 0. The van der Waals surface area contributed by atoms with E-state index in [2.05, 4.69) is 41.0 Å². The minimum absolute atomic E-state index is 0.320. The van der Waals surface area contributed by atoms with Crippen LogP contribution in [0.25, 0.3) is 0 Å². The normalized spacial score (nSPS) is 10.6. The molecule has 5 nitrogen and oxygen atoms in total. The van der Waals surface area contributed by atoms with Crippen molar-refractivity contribution >= 4 is 17.6 Å². The van der Waals surface area contributed by atoms with Crippen LogP contribution in [-0.2, 0) is 0 Å². The van der Waals surface area contributed by atoms with Crippen LogP contribution < -0.4 is 16.0 Å². The van der Waals surface area contributed by atoms with Crippen LogP contribution in [0.1, 0.15) is 34.1 Å². The Labute approximate surface area is 103 Å². The number of rotatable bonds is 6. The zero-order valence-corrected chi connectivity index (χ0v) is 11.2. The average Bonchev–Trinajstić information content (AvgIpc) is 2.25. The van der Waals surface area contributed by atoms with Gasteiger partial charge in [0, 0.05) is 25.2 Å². The van der Waals surface area contributed by atoms with Crippen LogP contribution in [-0.4, -0.2) is 29.1 Å². The van der Waals surface area contributed by atoms with E-state index >= 15 is 0 Å². The third-order valence-corrected chi connectivity index (χ3v) is 2.47. The summed E-state index contributed by atoms with van der Waals surface area (Å²) in [4.78, 5) is 10.7. The van der Waals surface area contributed by atoms with Gasteiger partial charge in [-0.1, -0.05) is 6.92 Å². The monoisotopic (exact) mass is 237 g/mol. The molecule has 0 aliphatic carbocycles. The molecule has 0 spiro atoms. The molecule has 0 radical (unpaired) electrons. The Morgan fingerprint density at radius 2 is 2.06 bits per heavy atom. The highest BCUT2D eigenvalue weighted by atomic mass is 15.2. The minimum atomic E-state index is 0.320. The Morgan fingerprint density at radius 3 is 2.59 bits per heavy atom. The van der Waals surface area contributed by atoms with Gasteiger partial charge in [0.2, 0.25) is 5.95 Å². The summed E-state index contributed by atoms with van der Waals surface area (Å²) in [7, 11) is 0. The largest absolute Gasteiger partial charge is 0.370 e. The predicted octanol–water partition coefficient (Wildman–Crippen LogP) is 2.12. The lowest BCUT2D eigenvalue weighted by Crippen LogP contribution is -2.32. The van der Waals surface area contributed by atoms with E-state index in [1.807, 2.05) is 13.0 Å². The quantitative estimate of drug-likeness (QED) is 0.793. The van der Waals surface area contributed by atoms with E-state index in [9.17, 15) is 0 Å². The lowest BCUT2D eigenvalue weighted by Gasteiger charge is -2.27. The number of nitrogens with zero attached hydrogens (tertiary/aromatic N) is 3. The summed E-state index contributed by atoms with van der Waals surface area (Å²) in [6.45, 7) is 10.3. The summed E-state index contributed by atoms with van der Waals surface area (Å²) in [6.07, 6.45) is 1.08. The van der Waals surface area contributed by atoms with Gasteiger partial charge >= 0.3 is 0 Å². The number of hydrogen-bond donors (Lipinski definition) is 2. The third-order valence-electron chi connectivity index (χ3n) is 2.47. The summed E-state index contributed by atoms with van der Waals surface area (Å²) in [5.74, 6) is 2.00. The highest BCUT2D eigenvalue weighted by molar-refractivity contribution is 5.53. The van der Waals surface area contributed by atoms with Gasteiger partial charge in [0.15, 0.2) is 0 Å². The third kappa shape index (κ3) is 3.76. The molecule has 1 aromatic heterocycles. The van der Waals surface area contributed by atoms with Gasteiger partial charge in [-0.05, 0) is 27.2 Å². The molecule has 0 saturated heterocycles. The van der Waals surface area contributed by atoms with E-state index in [0.29, 0.717) is 12.0 Å². The van der Waals surface area contributed by atoms with Crippen LogP contribution in [0.2, 0.25) is 0 Å². The molecule has 0 fully saturated rings. The lowest BCUT2D eigenvalue weighted by atomic mass is 10.3. The molecule has 0 saturated carbocycles. The van der Waals surface area contributed by atoms with Crippen molar-refractivity contribution in [1.82, 2.24) is 9.97 Å². The minimum Gasteiger partial charge on any atom is -0.370 e. The molecule has 0 bridgehead atoms. The van der Waals surface area contributed by atoms with Crippen LogP contribution in [0.4, 0.5) is 17.6 Å². The zero-order chi connectivity index (χ0) is 12.8. The Balaban J connectivity index is 3.00. The number of anilines is 3. The first kappa shape index (κ1) is 13.5. The second kappa shape index (κ2) is 6.27. The molecule has 17 heavy (non-hydrogen) atoms. The van der Waals surface area contributed by atoms with Crippen LogP contribution in [0.5, 0.6) is 0 Å². The van der Waals surface area contributed by atoms with Gasteiger partial charge < -0.3 is 16.0 Å². The maximum absolute atomic E-state index is 5.73. The lowest BCUT2D eigenvalue weighted by molar-refractivity contribution is 0.662. The molecule has 0 aliphatic rings. The molecule has 1 rings (SSSR count). The molecule has 96 valence electrons. The summed E-state index contributed by atoms with van der Waals surface area (Å²) in [5, 5.41) is 3.17. The first-order valence-electron chi connectivity index (χ1n) is 6.23. The standard InChI is InChI=1S/C12H23N5/c1-5-7-17(9(3)4)11-8-10(14-6-2)15-12(13)16-11/h8-9H,5-7H2,1-4H3,(H3,13,14,15,16). The molecule has 1 heterocycles. The molecular weight excluding hydrogens is 214 g/mol. The number of aromatic nitrogens is 2. The molecule has 0 aliphatic heterocycles. The highest BCUT2D eigenvalue weighted by Crippen LogP contribution is 2.19. The topological polar surface area (TPSA) is 67.1 Å². The van der Waals surface area contributed by atoms with Crippen LogP contribution in [0.15, 0.2) is 6.07 Å². The van der Waals surface area contributed by atoms with E-state index < -0.39 is 0 Å². The smallest absolute Gasteiger partial charge is 0.223 e. The second-order valence-corrected chi connectivity index (χ2v) is 4.29. The van der Waals surface area contributed by atoms with E-state index in [0.717, 1.165) is 31.1 Å². The Kier molecular flexibility index (Phi) is 5.00. The Hall–Kier alpha value is -1.52. The molecule has 1 aromatic rings. The van der Waals surface area contributed by atoms with Gasteiger partial charge in [-0.3, -0.25) is 0 Å². The molecule has 0 aromatic carbocycles. The fourth-order valence-electron chi connectivity index (χ4n) is 1.75. The first-order valence-corrected chi connectivity index (χ1v) is 6.23. The Bertz CT molecular complexity index is 351. The fraction of sp³-hybridized carbons (Fsp3) is 0.667. The predicted molar refractivity (Wildman–Crippen MR) is 73.4 cm³/mol. The fourth-order valence-corrected chi connectivity index (χ4v) is 1.75. The first-order chi connectivity index (χ1) is 8.08. The molecular formula is C12H23N5. The van der Waals surface area contributed by atoms with Gasteiger partial charge in [-0.2, -0.15) is 9.97 Å². The zero-order valence-electron chi connectivity index (χ0n) is 11.2. The Morgan fingerprint density at radius 1 is 1.35 bits per heavy atom. The van der Waals surface area contributed by atoms with Crippen molar-refractivity contribution in [3.05, 3.63) is 6.07 Å². The van der Waals surface area contributed by atoms with Crippen molar-refractivity contribution in [3.63, 3.8) is 0 Å². The van der Waals surface area contributed by atoms with Crippen molar-refractivity contribution in [2.75, 3.05) is 29.0 Å². The van der Waals surface area contributed by atoms with Gasteiger partial charge in [-0.15, -0.1) is 0 Å². The van der Waals surface area contributed by atoms with Gasteiger partial charge in [0.25, 0.3) is 0 Å². The maximum atomic E-state index is 5.73. The second-order valence-electron chi connectivity index (χ2n) is 4.29. The van der Waals surface area contributed by atoms with Crippen LogP contribution in [0.3, 0.4) is 0 Å². The van der Waals surface area contributed by atoms with Crippen molar-refractivity contribution in [1.29, 1.82) is 0 Å². The highest BCUT2D eigenvalue weighted by Gasteiger charge is 2.12. The van der Waals surface area contributed by atoms with Gasteiger partial charge in [0.05, 0.1) is 0 Å². The number of hydrogen-bond acceptors (Lipinski definition) is 5. The molecule has 0 unspecified atom stereocenters. The van der Waals surface area contributed by atoms with Crippen LogP contribution in [0, 0.1) is 0 Å². The number of nitrogens with two attached hydrogens (primary N) is 1. The van der Waals surface area contributed by atoms with E-state index in [1.54, 1.807) is 0 Å². The van der Waals surface area contributed by atoms with Gasteiger partial charge in [0.1, 0.15) is 11.6 Å². The van der Waals surface area contributed by atoms with Crippen molar-refractivity contribution in [2.24, 2.45) is 0 Å². The van der Waals surface area contributed by atoms with Gasteiger partial charge in [-0.25, -0.2) is 0 Å². The van der Waals surface area contributed by atoms with Crippen LogP contribution >= 0.6 is 0 Å². The SMILES string of the molecule is CCCN(c1cc(NCC)nc(N)n1)C(C)C. The molecule has 5 heteroatoms. The van der Waals surface area contributed by atoms with E-state index in [4.69, 9.17) is 5.73 Å². The summed E-state index contributed by atoms with van der Waals surface area (Å²) >= 11 is 0. The number of nitrogens with one attached hydrogen (secondary N) is 1. The number of nitrogen functional groups attached to an aromatic ring is 1. The molecule has 0 atom stereocenters.